The molecule has 6 nitrogen and oxygen atoms in total. The van der Waals surface area contributed by atoms with Crippen molar-refractivity contribution in [3.63, 3.8) is 0 Å². The van der Waals surface area contributed by atoms with Crippen molar-refractivity contribution in [3.05, 3.63) is 47.0 Å². The molecule has 3 rings (SSSR count). The van der Waals surface area contributed by atoms with E-state index in [1.165, 1.54) is 0 Å². The van der Waals surface area contributed by atoms with Gasteiger partial charge in [-0.05, 0) is 24.5 Å². The zero-order valence-corrected chi connectivity index (χ0v) is 14.1. The first-order chi connectivity index (χ1) is 11.7. The summed E-state index contributed by atoms with van der Waals surface area (Å²) in [6, 6.07) is 7.92. The van der Waals surface area contributed by atoms with Crippen LogP contribution in [0.15, 0.2) is 24.3 Å². The zero-order chi connectivity index (χ0) is 16.9. The van der Waals surface area contributed by atoms with Gasteiger partial charge in [-0.3, -0.25) is 4.79 Å². The SMILES string of the molecule is CCCOCc1nc2c([nH]1)CC(c1ccccc1OC)CNC2=O. The molecule has 1 amide bonds. The molecule has 0 bridgehead atoms. The van der Waals surface area contributed by atoms with Crippen molar-refractivity contribution >= 4 is 5.91 Å². The van der Waals surface area contributed by atoms with E-state index < -0.39 is 0 Å². The predicted octanol–water partition coefficient (Wildman–Crippen LogP) is 2.41. The Balaban J connectivity index is 1.84. The van der Waals surface area contributed by atoms with Crippen molar-refractivity contribution in [1.29, 1.82) is 0 Å². The Morgan fingerprint density at radius 2 is 2.17 bits per heavy atom. The molecule has 1 atom stereocenters. The van der Waals surface area contributed by atoms with E-state index in [0.29, 0.717) is 37.7 Å². The van der Waals surface area contributed by atoms with Crippen molar-refractivity contribution in [2.24, 2.45) is 0 Å². The van der Waals surface area contributed by atoms with Gasteiger partial charge in [0.2, 0.25) is 0 Å². The van der Waals surface area contributed by atoms with Crippen LogP contribution in [0.2, 0.25) is 0 Å². The van der Waals surface area contributed by atoms with Crippen LogP contribution < -0.4 is 10.1 Å². The molecule has 128 valence electrons. The number of aromatic amines is 1. The lowest BCUT2D eigenvalue weighted by molar-refractivity contribution is 0.0948. The maximum Gasteiger partial charge on any atom is 0.271 e. The molecule has 2 aromatic rings. The second-order valence-corrected chi connectivity index (χ2v) is 5.92. The minimum Gasteiger partial charge on any atom is -0.496 e. The largest absolute Gasteiger partial charge is 0.496 e. The molecule has 0 aliphatic carbocycles. The summed E-state index contributed by atoms with van der Waals surface area (Å²) in [5.41, 5.74) is 2.42. The number of carbonyl (C=O) groups excluding carboxylic acids is 1. The fourth-order valence-electron chi connectivity index (χ4n) is 3.02. The molecule has 1 aromatic heterocycles. The number of nitrogens with one attached hydrogen (secondary N) is 2. The van der Waals surface area contributed by atoms with Crippen LogP contribution in [0, 0.1) is 0 Å². The highest BCUT2D eigenvalue weighted by atomic mass is 16.5. The van der Waals surface area contributed by atoms with Crippen molar-refractivity contribution < 1.29 is 14.3 Å². The highest BCUT2D eigenvalue weighted by Gasteiger charge is 2.27. The van der Waals surface area contributed by atoms with Crippen LogP contribution in [0.5, 0.6) is 5.75 Å². The molecule has 1 unspecified atom stereocenters. The molecule has 2 N–H and O–H groups in total. The van der Waals surface area contributed by atoms with E-state index in [0.717, 1.165) is 23.4 Å². The summed E-state index contributed by atoms with van der Waals surface area (Å²) in [6.45, 7) is 3.70. The fourth-order valence-corrected chi connectivity index (χ4v) is 3.02. The summed E-state index contributed by atoms with van der Waals surface area (Å²) in [5.74, 6) is 1.53. The number of aromatic nitrogens is 2. The molecule has 1 aliphatic rings. The molecule has 0 radical (unpaired) electrons. The van der Waals surface area contributed by atoms with Gasteiger partial charge in [-0.15, -0.1) is 0 Å². The van der Waals surface area contributed by atoms with Crippen LogP contribution in [0.1, 0.15) is 46.8 Å². The van der Waals surface area contributed by atoms with E-state index in [4.69, 9.17) is 9.47 Å². The Hall–Kier alpha value is -2.34. The number of amides is 1. The van der Waals surface area contributed by atoms with Crippen LogP contribution in [0.3, 0.4) is 0 Å². The topological polar surface area (TPSA) is 76.2 Å². The van der Waals surface area contributed by atoms with Crippen LogP contribution in [-0.4, -0.2) is 36.1 Å². The Labute approximate surface area is 141 Å². The second-order valence-electron chi connectivity index (χ2n) is 5.92. The molecule has 2 heterocycles. The van der Waals surface area contributed by atoms with E-state index in [1.54, 1.807) is 7.11 Å². The van der Waals surface area contributed by atoms with Gasteiger partial charge in [0.15, 0.2) is 0 Å². The second kappa shape index (κ2) is 7.49. The molecule has 6 heteroatoms. The molecule has 1 aromatic carbocycles. The maximum absolute atomic E-state index is 12.3. The number of para-hydroxylation sites is 1. The molecular formula is C18H23N3O3. The van der Waals surface area contributed by atoms with Gasteiger partial charge in [0.1, 0.15) is 23.9 Å². The molecule has 0 saturated carbocycles. The van der Waals surface area contributed by atoms with Gasteiger partial charge < -0.3 is 19.8 Å². The Bertz CT molecular complexity index is 711. The summed E-state index contributed by atoms with van der Waals surface area (Å²) in [7, 11) is 1.67. The predicted molar refractivity (Wildman–Crippen MR) is 90.3 cm³/mol. The van der Waals surface area contributed by atoms with Gasteiger partial charge in [-0.1, -0.05) is 25.1 Å². The van der Waals surface area contributed by atoms with Crippen LogP contribution in [-0.2, 0) is 17.8 Å². The minimum atomic E-state index is -0.139. The number of carbonyl (C=O) groups is 1. The standard InChI is InChI=1S/C18H23N3O3/c1-3-8-24-11-16-20-14-9-12(10-19-18(22)17(14)21-16)13-6-4-5-7-15(13)23-2/h4-7,12H,3,8-11H2,1-2H3,(H,19,22)(H,20,21). The Morgan fingerprint density at radius 1 is 1.33 bits per heavy atom. The number of ether oxygens (including phenoxy) is 2. The molecule has 0 saturated heterocycles. The first-order valence-electron chi connectivity index (χ1n) is 8.29. The lowest BCUT2D eigenvalue weighted by Gasteiger charge is -2.17. The molecule has 1 aliphatic heterocycles. The third kappa shape index (κ3) is 3.43. The highest BCUT2D eigenvalue weighted by Crippen LogP contribution is 2.30. The normalized spacial score (nSPS) is 17.1. The third-order valence-corrected chi connectivity index (χ3v) is 4.17. The maximum atomic E-state index is 12.3. The van der Waals surface area contributed by atoms with Crippen molar-refractivity contribution in [1.82, 2.24) is 15.3 Å². The summed E-state index contributed by atoms with van der Waals surface area (Å²) in [4.78, 5) is 20.0. The van der Waals surface area contributed by atoms with Crippen molar-refractivity contribution in [2.75, 3.05) is 20.3 Å². The number of rotatable bonds is 6. The van der Waals surface area contributed by atoms with Gasteiger partial charge in [-0.2, -0.15) is 0 Å². The number of benzene rings is 1. The van der Waals surface area contributed by atoms with Crippen LogP contribution >= 0.6 is 0 Å². The van der Waals surface area contributed by atoms with E-state index >= 15 is 0 Å². The Kier molecular flexibility index (Phi) is 5.15. The van der Waals surface area contributed by atoms with E-state index in [-0.39, 0.29) is 11.8 Å². The number of fused-ring (bicyclic) bond motifs is 1. The van der Waals surface area contributed by atoms with E-state index in [1.807, 2.05) is 24.3 Å². The highest BCUT2D eigenvalue weighted by molar-refractivity contribution is 5.94. The number of hydrogen-bond acceptors (Lipinski definition) is 4. The van der Waals surface area contributed by atoms with E-state index in [9.17, 15) is 4.79 Å². The molecule has 24 heavy (non-hydrogen) atoms. The summed E-state index contributed by atoms with van der Waals surface area (Å²) >= 11 is 0. The minimum absolute atomic E-state index is 0.135. The van der Waals surface area contributed by atoms with Gasteiger partial charge in [0.25, 0.3) is 5.91 Å². The van der Waals surface area contributed by atoms with Gasteiger partial charge in [-0.25, -0.2) is 4.98 Å². The average molecular weight is 329 g/mol. The molecule has 0 fully saturated rings. The fraction of sp³-hybridized carbons (Fsp3) is 0.444. The number of nitrogens with zero attached hydrogens (tertiary/aromatic N) is 1. The Morgan fingerprint density at radius 3 is 2.96 bits per heavy atom. The summed E-state index contributed by atoms with van der Waals surface area (Å²) in [6.07, 6.45) is 1.66. The summed E-state index contributed by atoms with van der Waals surface area (Å²) in [5, 5.41) is 2.96. The number of methoxy groups -OCH3 is 1. The first-order valence-corrected chi connectivity index (χ1v) is 8.29. The number of imidazole rings is 1. The van der Waals surface area contributed by atoms with Gasteiger partial charge in [0, 0.05) is 24.8 Å². The lowest BCUT2D eigenvalue weighted by atomic mass is 9.93. The molecule has 0 spiro atoms. The third-order valence-electron chi connectivity index (χ3n) is 4.17. The lowest BCUT2D eigenvalue weighted by Crippen LogP contribution is -2.26. The number of H-pyrrole nitrogens is 1. The van der Waals surface area contributed by atoms with Gasteiger partial charge >= 0.3 is 0 Å². The number of hydrogen-bond donors (Lipinski definition) is 2. The van der Waals surface area contributed by atoms with Gasteiger partial charge in [0.05, 0.1) is 7.11 Å². The zero-order valence-electron chi connectivity index (χ0n) is 14.1. The van der Waals surface area contributed by atoms with Crippen molar-refractivity contribution in [3.8, 4) is 5.75 Å². The van der Waals surface area contributed by atoms with Crippen LogP contribution in [0.4, 0.5) is 0 Å². The van der Waals surface area contributed by atoms with Crippen molar-refractivity contribution in [2.45, 2.75) is 32.3 Å². The monoisotopic (exact) mass is 329 g/mol. The molecular weight excluding hydrogens is 306 g/mol. The smallest absolute Gasteiger partial charge is 0.271 e. The summed E-state index contributed by atoms with van der Waals surface area (Å²) < 4.78 is 11.0. The quantitative estimate of drug-likeness (QED) is 0.798. The average Bonchev–Trinajstić information content (AvgIpc) is 2.94. The van der Waals surface area contributed by atoms with Crippen LogP contribution in [0.25, 0.3) is 0 Å². The first kappa shape index (κ1) is 16.5. The van der Waals surface area contributed by atoms with E-state index in [2.05, 4.69) is 22.2 Å².